The number of amides is 3. The fraction of sp³-hybridized carbons (Fsp3) is 0.241. The molecule has 2 atom stereocenters. The molecule has 5 rings (SSSR count). The number of benzene rings is 3. The van der Waals surface area contributed by atoms with Crippen molar-refractivity contribution < 1.29 is 23.6 Å². The maximum absolute atomic E-state index is 14.3. The second-order valence-corrected chi connectivity index (χ2v) is 10.3. The zero-order valence-electron chi connectivity index (χ0n) is 22.2. The van der Waals surface area contributed by atoms with E-state index in [1.807, 2.05) is 30.3 Å². The quantitative estimate of drug-likeness (QED) is 0.328. The van der Waals surface area contributed by atoms with E-state index in [4.69, 9.17) is 9.26 Å². The predicted molar refractivity (Wildman–Crippen MR) is 154 cm³/mol. The number of rotatable bonds is 7. The van der Waals surface area contributed by atoms with Gasteiger partial charge in [-0.15, -0.1) is 0 Å². The number of para-hydroxylation sites is 2. The van der Waals surface area contributed by atoms with Gasteiger partial charge in [0.05, 0.1) is 43.8 Å². The summed E-state index contributed by atoms with van der Waals surface area (Å²) in [5.74, 6) is -0.582. The number of likely N-dealkylation sites (N-methyl/N-ethyl adjacent to an activating group) is 1. The summed E-state index contributed by atoms with van der Waals surface area (Å²) in [6.45, 7) is 1.73. The van der Waals surface area contributed by atoms with Gasteiger partial charge < -0.3 is 29.7 Å². The van der Waals surface area contributed by atoms with Crippen LogP contribution in [0.5, 0.6) is 5.75 Å². The third-order valence-corrected chi connectivity index (χ3v) is 7.51. The molecular weight excluding hydrogens is 578 g/mol. The van der Waals surface area contributed by atoms with Gasteiger partial charge in [0.15, 0.2) is 0 Å². The Morgan fingerprint density at radius 2 is 1.93 bits per heavy atom. The number of ether oxygens (including phenoxy) is 1. The summed E-state index contributed by atoms with van der Waals surface area (Å²) in [6, 6.07) is 16.7. The van der Waals surface area contributed by atoms with E-state index in [0.29, 0.717) is 17.1 Å². The van der Waals surface area contributed by atoms with Crippen molar-refractivity contribution in [3.8, 4) is 5.75 Å². The van der Waals surface area contributed by atoms with E-state index in [0.717, 1.165) is 20.8 Å². The first kappa shape index (κ1) is 27.4. The first-order valence-electron chi connectivity index (χ1n) is 12.7. The average molecular weight is 606 g/mol. The Morgan fingerprint density at radius 1 is 1.15 bits per heavy atom. The van der Waals surface area contributed by atoms with Crippen molar-refractivity contribution in [3.05, 3.63) is 82.7 Å². The third kappa shape index (κ3) is 5.17. The molecule has 11 heteroatoms. The minimum absolute atomic E-state index is 0.0191. The minimum Gasteiger partial charge on any atom is -0.496 e. The van der Waals surface area contributed by atoms with Gasteiger partial charge in [-0.25, -0.2) is 0 Å². The van der Waals surface area contributed by atoms with Gasteiger partial charge in [0.2, 0.25) is 11.7 Å². The molecular formula is C29H28BrN5O5. The molecule has 40 heavy (non-hydrogen) atoms. The van der Waals surface area contributed by atoms with E-state index < -0.39 is 18.0 Å². The number of carbonyl (C=O) groups is 3. The number of carbonyl (C=O) groups excluding carboxylic acids is 3. The summed E-state index contributed by atoms with van der Waals surface area (Å²) in [5.41, 5.74) is 1.80. The van der Waals surface area contributed by atoms with Crippen LogP contribution >= 0.6 is 15.9 Å². The Labute approximate surface area is 239 Å². The van der Waals surface area contributed by atoms with Crippen LogP contribution in [-0.2, 0) is 16.1 Å². The number of hydrogen-bond acceptors (Lipinski definition) is 7. The van der Waals surface area contributed by atoms with Crippen LogP contribution in [0.1, 0.15) is 23.0 Å². The SMILES string of the molecule is CNC(C)C(=O)NC1CN(C(=O)c2ccno2)c2ccccc2N(Cc2c(OC)ccc3cc(Br)ccc23)C1=O. The Balaban J connectivity index is 1.65. The van der Waals surface area contributed by atoms with Gasteiger partial charge in [-0.1, -0.05) is 45.4 Å². The van der Waals surface area contributed by atoms with Crippen molar-refractivity contribution in [2.75, 3.05) is 30.5 Å². The molecule has 2 unspecified atom stereocenters. The molecule has 0 bridgehead atoms. The lowest BCUT2D eigenvalue weighted by Gasteiger charge is -2.27. The van der Waals surface area contributed by atoms with E-state index in [1.165, 1.54) is 17.2 Å². The van der Waals surface area contributed by atoms with Crippen LogP contribution in [0.15, 0.2) is 75.9 Å². The summed E-state index contributed by atoms with van der Waals surface area (Å²) >= 11 is 3.53. The summed E-state index contributed by atoms with van der Waals surface area (Å²) in [6.07, 6.45) is 1.38. The number of methoxy groups -OCH3 is 1. The Bertz CT molecular complexity index is 1570. The highest BCUT2D eigenvalue weighted by Gasteiger charge is 2.38. The van der Waals surface area contributed by atoms with E-state index >= 15 is 0 Å². The van der Waals surface area contributed by atoms with Gasteiger partial charge in [-0.2, -0.15) is 0 Å². The molecule has 0 radical (unpaired) electrons. The number of hydrogen-bond donors (Lipinski definition) is 2. The maximum atomic E-state index is 14.3. The summed E-state index contributed by atoms with van der Waals surface area (Å²) < 4.78 is 11.8. The largest absolute Gasteiger partial charge is 0.496 e. The van der Waals surface area contributed by atoms with Crippen LogP contribution in [0.2, 0.25) is 0 Å². The van der Waals surface area contributed by atoms with Crippen molar-refractivity contribution in [2.24, 2.45) is 0 Å². The third-order valence-electron chi connectivity index (χ3n) is 7.02. The number of halogens is 1. The molecule has 0 aliphatic carbocycles. The number of fused-ring (bicyclic) bond motifs is 2. The Kier molecular flexibility index (Phi) is 7.85. The number of aromatic nitrogens is 1. The first-order chi connectivity index (χ1) is 19.3. The number of anilines is 2. The standard InChI is InChI=1S/C29H28BrN5O5/c1-17(31-2)27(36)33-22-16-35(29(38)26-12-13-32-40-26)24-7-5-4-6-23(24)34(28(22)37)15-21-20-10-9-19(30)14-18(20)8-11-25(21)39-3/h4-14,17,22,31H,15-16H2,1-3H3,(H,33,36). The van der Waals surface area contributed by atoms with Crippen molar-refractivity contribution in [1.29, 1.82) is 0 Å². The first-order valence-corrected chi connectivity index (χ1v) is 13.5. The Morgan fingerprint density at radius 3 is 2.62 bits per heavy atom. The lowest BCUT2D eigenvalue weighted by molar-refractivity contribution is -0.128. The average Bonchev–Trinajstić information content (AvgIpc) is 3.48. The minimum atomic E-state index is -1.04. The molecule has 0 fully saturated rings. The van der Waals surface area contributed by atoms with E-state index in [1.54, 1.807) is 50.2 Å². The van der Waals surface area contributed by atoms with Crippen LogP contribution in [0.4, 0.5) is 11.4 Å². The van der Waals surface area contributed by atoms with Gasteiger partial charge in [-0.05, 0) is 55.1 Å². The molecule has 3 aromatic carbocycles. The predicted octanol–water partition coefficient (Wildman–Crippen LogP) is 3.89. The van der Waals surface area contributed by atoms with Crippen molar-refractivity contribution in [2.45, 2.75) is 25.6 Å². The molecule has 0 spiro atoms. The van der Waals surface area contributed by atoms with E-state index in [9.17, 15) is 14.4 Å². The molecule has 4 aromatic rings. The fourth-order valence-corrected chi connectivity index (χ4v) is 5.17. The lowest BCUT2D eigenvalue weighted by Crippen LogP contribution is -2.55. The van der Waals surface area contributed by atoms with Crippen molar-refractivity contribution >= 4 is 55.8 Å². The van der Waals surface area contributed by atoms with Gasteiger partial charge in [0, 0.05) is 16.1 Å². The normalized spacial score (nSPS) is 15.9. The van der Waals surface area contributed by atoms with E-state index in [-0.39, 0.29) is 30.7 Å². The highest BCUT2D eigenvalue weighted by atomic mass is 79.9. The summed E-state index contributed by atoms with van der Waals surface area (Å²) in [4.78, 5) is 43.9. The molecule has 3 amide bonds. The smallest absolute Gasteiger partial charge is 0.297 e. The fourth-order valence-electron chi connectivity index (χ4n) is 4.79. The number of nitrogens with one attached hydrogen (secondary N) is 2. The highest BCUT2D eigenvalue weighted by Crippen LogP contribution is 2.38. The maximum Gasteiger partial charge on any atom is 0.297 e. The molecule has 0 saturated carbocycles. The molecule has 1 aliphatic rings. The number of nitrogens with zero attached hydrogens (tertiary/aromatic N) is 3. The summed E-state index contributed by atoms with van der Waals surface area (Å²) in [5, 5.41) is 11.3. The zero-order valence-corrected chi connectivity index (χ0v) is 23.8. The molecule has 206 valence electrons. The molecule has 2 N–H and O–H groups in total. The molecule has 1 aromatic heterocycles. The van der Waals surface area contributed by atoms with Gasteiger partial charge in [0.25, 0.3) is 11.8 Å². The second-order valence-electron chi connectivity index (χ2n) is 9.39. The Hall–Kier alpha value is -4.22. The molecule has 2 heterocycles. The monoisotopic (exact) mass is 605 g/mol. The van der Waals surface area contributed by atoms with Gasteiger partial charge in [0.1, 0.15) is 11.8 Å². The van der Waals surface area contributed by atoms with Crippen molar-refractivity contribution in [3.63, 3.8) is 0 Å². The van der Waals surface area contributed by atoms with Crippen LogP contribution in [0, 0.1) is 0 Å². The van der Waals surface area contributed by atoms with Crippen LogP contribution in [-0.4, -0.2) is 55.7 Å². The highest BCUT2D eigenvalue weighted by molar-refractivity contribution is 9.10. The zero-order chi connectivity index (χ0) is 28.4. The van der Waals surface area contributed by atoms with Crippen LogP contribution in [0.3, 0.4) is 0 Å². The van der Waals surface area contributed by atoms with Crippen molar-refractivity contribution in [1.82, 2.24) is 15.8 Å². The van der Waals surface area contributed by atoms with Crippen LogP contribution in [0.25, 0.3) is 10.8 Å². The van der Waals surface area contributed by atoms with Gasteiger partial charge >= 0.3 is 0 Å². The summed E-state index contributed by atoms with van der Waals surface area (Å²) in [7, 11) is 3.24. The second kappa shape index (κ2) is 11.5. The molecule has 10 nitrogen and oxygen atoms in total. The van der Waals surface area contributed by atoms with Crippen LogP contribution < -0.4 is 25.2 Å². The lowest BCUT2D eigenvalue weighted by atomic mass is 10.0. The topological polar surface area (TPSA) is 117 Å². The molecule has 1 aliphatic heterocycles. The molecule has 0 saturated heterocycles. The van der Waals surface area contributed by atoms with Gasteiger partial charge in [-0.3, -0.25) is 14.4 Å². The van der Waals surface area contributed by atoms with E-state index in [2.05, 4.69) is 31.7 Å².